The van der Waals surface area contributed by atoms with E-state index in [-0.39, 0.29) is 25.3 Å². The molecule has 1 N–H and O–H groups in total. The maximum Gasteiger partial charge on any atom is 0.391 e. The zero-order valence-corrected chi connectivity index (χ0v) is 11.7. The normalized spacial score (nSPS) is 28.1. The van der Waals surface area contributed by atoms with Crippen LogP contribution in [0.3, 0.4) is 0 Å². The topological polar surface area (TPSA) is 50.9 Å². The molecule has 20 heavy (non-hydrogen) atoms. The third-order valence-electron chi connectivity index (χ3n) is 3.91. The highest BCUT2D eigenvalue weighted by atomic mass is 19.4. The minimum absolute atomic E-state index is 0.0677. The molecule has 2 atom stereocenters. The molecule has 1 aromatic heterocycles. The van der Waals surface area contributed by atoms with Gasteiger partial charge >= 0.3 is 6.18 Å². The van der Waals surface area contributed by atoms with Gasteiger partial charge in [-0.15, -0.1) is 0 Å². The van der Waals surface area contributed by atoms with Crippen molar-refractivity contribution < 1.29 is 18.3 Å². The summed E-state index contributed by atoms with van der Waals surface area (Å²) in [5.74, 6) is -0.873. The van der Waals surface area contributed by atoms with Crippen LogP contribution in [0.1, 0.15) is 51.4 Å². The molecule has 0 aliphatic heterocycles. The minimum atomic E-state index is -4.24. The Bertz CT molecular complexity index is 458. The van der Waals surface area contributed by atoms with Crippen molar-refractivity contribution in [1.82, 2.24) is 14.8 Å². The molecule has 1 heterocycles. The van der Waals surface area contributed by atoms with Gasteiger partial charge in [0.15, 0.2) is 0 Å². The SMILES string of the molecule is CC(C)n1ncnc1CC1(O)CCCC(C(F)(F)F)C1. The predicted molar refractivity (Wildman–Crippen MR) is 67.1 cm³/mol. The zero-order valence-electron chi connectivity index (χ0n) is 11.7. The fourth-order valence-corrected chi connectivity index (χ4v) is 2.91. The highest BCUT2D eigenvalue weighted by Crippen LogP contribution is 2.42. The summed E-state index contributed by atoms with van der Waals surface area (Å²) < 4.78 is 40.1. The van der Waals surface area contributed by atoms with Gasteiger partial charge in [0.1, 0.15) is 12.2 Å². The summed E-state index contributed by atoms with van der Waals surface area (Å²) in [4.78, 5) is 4.07. The molecule has 0 bridgehead atoms. The van der Waals surface area contributed by atoms with E-state index in [2.05, 4.69) is 10.1 Å². The van der Waals surface area contributed by atoms with Gasteiger partial charge in [-0.3, -0.25) is 0 Å². The van der Waals surface area contributed by atoms with Gasteiger partial charge in [-0.05, 0) is 39.5 Å². The number of halogens is 3. The Labute approximate surface area is 116 Å². The Kier molecular flexibility index (Phi) is 4.09. The number of rotatable bonds is 3. The van der Waals surface area contributed by atoms with Crippen LogP contribution in [0.25, 0.3) is 0 Å². The van der Waals surface area contributed by atoms with Crippen molar-refractivity contribution >= 4 is 0 Å². The van der Waals surface area contributed by atoms with Crippen molar-refractivity contribution in [2.24, 2.45) is 5.92 Å². The molecule has 0 amide bonds. The van der Waals surface area contributed by atoms with E-state index >= 15 is 0 Å². The Balaban J connectivity index is 2.13. The lowest BCUT2D eigenvalue weighted by Crippen LogP contribution is -2.42. The van der Waals surface area contributed by atoms with Crippen LogP contribution >= 0.6 is 0 Å². The van der Waals surface area contributed by atoms with Gasteiger partial charge in [0.25, 0.3) is 0 Å². The first-order valence-electron chi connectivity index (χ1n) is 6.89. The largest absolute Gasteiger partial charge is 0.391 e. The quantitative estimate of drug-likeness (QED) is 0.931. The number of alkyl halides is 3. The molecule has 1 aliphatic rings. The van der Waals surface area contributed by atoms with Gasteiger partial charge in [-0.1, -0.05) is 0 Å². The number of aliphatic hydroxyl groups is 1. The van der Waals surface area contributed by atoms with Crippen LogP contribution in [-0.2, 0) is 6.42 Å². The molecule has 1 saturated carbocycles. The lowest BCUT2D eigenvalue weighted by Gasteiger charge is -2.37. The van der Waals surface area contributed by atoms with Crippen LogP contribution in [0.2, 0.25) is 0 Å². The van der Waals surface area contributed by atoms with Crippen molar-refractivity contribution in [3.05, 3.63) is 12.2 Å². The van der Waals surface area contributed by atoms with Crippen molar-refractivity contribution in [3.63, 3.8) is 0 Å². The predicted octanol–water partition coefficient (Wildman–Crippen LogP) is 2.89. The highest BCUT2D eigenvalue weighted by molar-refractivity contribution is 4.99. The van der Waals surface area contributed by atoms with Gasteiger partial charge in [0, 0.05) is 12.5 Å². The molecule has 114 valence electrons. The summed E-state index contributed by atoms with van der Waals surface area (Å²) in [6.07, 6.45) is -2.12. The second kappa shape index (κ2) is 5.35. The Hall–Kier alpha value is -1.11. The Morgan fingerprint density at radius 3 is 2.80 bits per heavy atom. The van der Waals surface area contributed by atoms with Crippen molar-refractivity contribution in [2.45, 2.75) is 63.8 Å². The maximum absolute atomic E-state index is 12.8. The molecule has 2 rings (SSSR count). The standard InChI is InChI=1S/C13H20F3N3O/c1-9(2)19-11(17-8-18-19)7-12(20)5-3-4-10(6-12)13(14,15)16/h8-10,20H,3-7H2,1-2H3. The summed E-state index contributed by atoms with van der Waals surface area (Å²) in [6.45, 7) is 3.84. The van der Waals surface area contributed by atoms with Crippen molar-refractivity contribution in [2.75, 3.05) is 0 Å². The van der Waals surface area contributed by atoms with Gasteiger partial charge in [-0.25, -0.2) is 9.67 Å². The fourth-order valence-electron chi connectivity index (χ4n) is 2.91. The van der Waals surface area contributed by atoms with E-state index in [0.29, 0.717) is 18.7 Å². The van der Waals surface area contributed by atoms with Gasteiger partial charge in [-0.2, -0.15) is 18.3 Å². The van der Waals surface area contributed by atoms with Crippen molar-refractivity contribution in [3.8, 4) is 0 Å². The lowest BCUT2D eigenvalue weighted by molar-refractivity contribution is -0.200. The summed E-state index contributed by atoms with van der Waals surface area (Å²) in [7, 11) is 0. The molecule has 1 aliphatic carbocycles. The van der Waals surface area contributed by atoms with Crippen LogP contribution in [0.5, 0.6) is 0 Å². The van der Waals surface area contributed by atoms with E-state index in [1.54, 1.807) is 4.68 Å². The average Bonchev–Trinajstić information content (AvgIpc) is 2.75. The van der Waals surface area contributed by atoms with Crippen LogP contribution in [0.15, 0.2) is 6.33 Å². The molecule has 2 unspecified atom stereocenters. The molecule has 1 fully saturated rings. The van der Waals surface area contributed by atoms with Gasteiger partial charge in [0.05, 0.1) is 11.5 Å². The summed E-state index contributed by atoms with van der Waals surface area (Å²) in [5, 5.41) is 14.6. The molecular formula is C13H20F3N3O. The summed E-state index contributed by atoms with van der Waals surface area (Å²) >= 11 is 0. The molecule has 4 nitrogen and oxygen atoms in total. The van der Waals surface area contributed by atoms with E-state index in [1.807, 2.05) is 13.8 Å². The van der Waals surface area contributed by atoms with Crippen LogP contribution < -0.4 is 0 Å². The lowest BCUT2D eigenvalue weighted by atomic mass is 9.76. The molecule has 0 aromatic carbocycles. The first-order valence-corrected chi connectivity index (χ1v) is 6.89. The van der Waals surface area contributed by atoms with Crippen molar-refractivity contribution in [1.29, 1.82) is 0 Å². The van der Waals surface area contributed by atoms with E-state index in [9.17, 15) is 18.3 Å². The molecule has 7 heteroatoms. The fraction of sp³-hybridized carbons (Fsp3) is 0.846. The smallest absolute Gasteiger partial charge is 0.389 e. The number of hydrogen-bond donors (Lipinski definition) is 1. The van der Waals surface area contributed by atoms with Gasteiger partial charge in [0.2, 0.25) is 0 Å². The Morgan fingerprint density at radius 1 is 1.50 bits per heavy atom. The summed E-state index contributed by atoms with van der Waals surface area (Å²) in [5.41, 5.74) is -1.34. The van der Waals surface area contributed by atoms with E-state index in [4.69, 9.17) is 0 Å². The molecule has 0 spiro atoms. The maximum atomic E-state index is 12.8. The average molecular weight is 291 g/mol. The minimum Gasteiger partial charge on any atom is -0.389 e. The molecule has 1 aromatic rings. The van der Waals surface area contributed by atoms with E-state index in [0.717, 1.165) is 0 Å². The van der Waals surface area contributed by atoms with Crippen LogP contribution in [0.4, 0.5) is 13.2 Å². The monoisotopic (exact) mass is 291 g/mol. The number of hydrogen-bond acceptors (Lipinski definition) is 3. The van der Waals surface area contributed by atoms with E-state index < -0.39 is 17.7 Å². The van der Waals surface area contributed by atoms with Gasteiger partial charge < -0.3 is 5.11 Å². The van der Waals surface area contributed by atoms with Crippen LogP contribution in [0, 0.1) is 5.92 Å². The molecule has 0 saturated heterocycles. The molecule has 0 radical (unpaired) electrons. The highest BCUT2D eigenvalue weighted by Gasteiger charge is 2.47. The van der Waals surface area contributed by atoms with Crippen LogP contribution in [-0.4, -0.2) is 31.6 Å². The van der Waals surface area contributed by atoms with E-state index in [1.165, 1.54) is 6.33 Å². The second-order valence-electron chi connectivity index (χ2n) is 5.95. The third kappa shape index (κ3) is 3.31. The third-order valence-corrected chi connectivity index (χ3v) is 3.91. The number of nitrogens with zero attached hydrogens (tertiary/aromatic N) is 3. The molecular weight excluding hydrogens is 271 g/mol. The summed E-state index contributed by atoms with van der Waals surface area (Å²) in [6, 6.07) is 0.0677. The first kappa shape index (κ1) is 15.3. The first-order chi connectivity index (χ1) is 9.21. The Morgan fingerprint density at radius 2 is 2.20 bits per heavy atom. The zero-order chi connectivity index (χ0) is 15.0. The second-order valence-corrected chi connectivity index (χ2v) is 5.95. The number of aromatic nitrogens is 3.